The highest BCUT2D eigenvalue weighted by Gasteiger charge is 2.13. The van der Waals surface area contributed by atoms with Gasteiger partial charge in [-0.2, -0.15) is 0 Å². The summed E-state index contributed by atoms with van der Waals surface area (Å²) < 4.78 is 24.5. The maximum absolute atomic E-state index is 12.2. The summed E-state index contributed by atoms with van der Waals surface area (Å²) in [5, 5.41) is 6.31. The van der Waals surface area contributed by atoms with Crippen LogP contribution in [0.5, 0.6) is 0 Å². The molecule has 0 atom stereocenters. The number of sulfone groups is 1. The zero-order chi connectivity index (χ0) is 18.0. The molecule has 0 saturated heterocycles. The van der Waals surface area contributed by atoms with Gasteiger partial charge in [0.15, 0.2) is 15.8 Å². The fraction of sp³-hybridized carbons (Fsp3) is 0.333. The number of rotatable bonds is 8. The van der Waals surface area contributed by atoms with Crippen molar-refractivity contribution < 1.29 is 8.42 Å². The molecule has 2 rings (SSSR count). The Morgan fingerprint density at radius 1 is 1.08 bits per heavy atom. The van der Waals surface area contributed by atoms with Gasteiger partial charge in [0, 0.05) is 19.3 Å². The lowest BCUT2D eigenvalue weighted by atomic mass is 10.3. The maximum Gasteiger partial charge on any atom is 0.191 e. The fourth-order valence-corrected chi connectivity index (χ4v) is 3.54. The van der Waals surface area contributed by atoms with Gasteiger partial charge in [0.05, 0.1) is 22.9 Å². The second-order valence-corrected chi connectivity index (χ2v) is 7.54. The summed E-state index contributed by atoms with van der Waals surface area (Å²) in [5.74, 6) is 0.759. The average Bonchev–Trinajstić information content (AvgIpc) is 2.64. The van der Waals surface area contributed by atoms with Crippen LogP contribution in [0, 0.1) is 0 Å². The van der Waals surface area contributed by atoms with Crippen LogP contribution in [-0.4, -0.2) is 38.2 Å². The Balaban J connectivity index is 1.83. The highest BCUT2D eigenvalue weighted by Crippen LogP contribution is 2.10. The second-order valence-electron chi connectivity index (χ2n) is 5.43. The van der Waals surface area contributed by atoms with E-state index in [0.717, 1.165) is 12.2 Å². The first kappa shape index (κ1) is 18.9. The van der Waals surface area contributed by atoms with Gasteiger partial charge in [-0.15, -0.1) is 0 Å². The second kappa shape index (κ2) is 9.78. The van der Waals surface area contributed by atoms with Crippen LogP contribution in [0.25, 0.3) is 0 Å². The van der Waals surface area contributed by atoms with Gasteiger partial charge in [0.25, 0.3) is 0 Å². The summed E-state index contributed by atoms with van der Waals surface area (Å²) in [5.41, 5.74) is 0.881. The van der Waals surface area contributed by atoms with Crippen LogP contribution in [0.1, 0.15) is 19.0 Å². The third-order valence-corrected chi connectivity index (χ3v) is 5.27. The Hall–Kier alpha value is -2.41. The lowest BCUT2D eigenvalue weighted by molar-refractivity contribution is 0.592. The summed E-state index contributed by atoms with van der Waals surface area (Å²) in [7, 11) is -3.24. The van der Waals surface area contributed by atoms with E-state index >= 15 is 0 Å². The normalized spacial score (nSPS) is 12.0. The molecular formula is C18H24N4O2S. The number of guanidine groups is 1. The van der Waals surface area contributed by atoms with Crippen molar-refractivity contribution in [1.29, 1.82) is 0 Å². The van der Waals surface area contributed by atoms with Gasteiger partial charge in [-0.1, -0.05) is 24.3 Å². The molecule has 0 saturated carbocycles. The standard InChI is InChI=1S/C18H24N4O2S/c1-2-19-18(22-15-16-9-6-7-12-20-16)21-13-8-14-25(23,24)17-10-4-3-5-11-17/h3-7,9-12H,2,8,13-15H2,1H3,(H2,19,21,22). The van der Waals surface area contributed by atoms with Crippen LogP contribution in [0.15, 0.2) is 64.6 Å². The van der Waals surface area contributed by atoms with Crippen molar-refractivity contribution >= 4 is 15.8 Å². The first-order chi connectivity index (χ1) is 12.1. The number of aromatic nitrogens is 1. The molecule has 0 radical (unpaired) electrons. The van der Waals surface area contributed by atoms with Gasteiger partial charge in [-0.25, -0.2) is 13.4 Å². The fourth-order valence-electron chi connectivity index (χ4n) is 2.21. The molecule has 2 N–H and O–H groups in total. The lowest BCUT2D eigenvalue weighted by Gasteiger charge is -2.11. The monoisotopic (exact) mass is 360 g/mol. The molecule has 1 aromatic heterocycles. The molecule has 0 unspecified atom stereocenters. The van der Waals surface area contributed by atoms with Crippen molar-refractivity contribution in [3.8, 4) is 0 Å². The molecule has 0 bridgehead atoms. The van der Waals surface area contributed by atoms with Crippen LogP contribution in [0.4, 0.5) is 0 Å². The van der Waals surface area contributed by atoms with E-state index in [1.165, 1.54) is 0 Å². The molecule has 7 heteroatoms. The van der Waals surface area contributed by atoms with Gasteiger partial charge >= 0.3 is 0 Å². The predicted molar refractivity (Wildman–Crippen MR) is 100 cm³/mol. The number of nitrogens with one attached hydrogen (secondary N) is 2. The van der Waals surface area contributed by atoms with E-state index in [2.05, 4.69) is 20.6 Å². The molecule has 2 aromatic rings. The molecule has 0 fully saturated rings. The van der Waals surface area contributed by atoms with Crippen molar-refractivity contribution in [2.24, 2.45) is 4.99 Å². The Labute approximate surface area is 149 Å². The van der Waals surface area contributed by atoms with Crippen LogP contribution in [-0.2, 0) is 16.4 Å². The molecule has 0 aliphatic carbocycles. The highest BCUT2D eigenvalue weighted by atomic mass is 32.2. The number of hydrogen-bond donors (Lipinski definition) is 2. The van der Waals surface area contributed by atoms with Crippen molar-refractivity contribution in [1.82, 2.24) is 15.6 Å². The minimum absolute atomic E-state index is 0.101. The van der Waals surface area contributed by atoms with Crippen LogP contribution in [0.2, 0.25) is 0 Å². The average molecular weight is 360 g/mol. The maximum atomic E-state index is 12.2. The number of benzene rings is 1. The van der Waals surface area contributed by atoms with Gasteiger partial charge < -0.3 is 10.6 Å². The minimum atomic E-state index is -3.24. The van der Waals surface area contributed by atoms with Gasteiger partial charge in [0.1, 0.15) is 0 Å². The first-order valence-electron chi connectivity index (χ1n) is 8.31. The van der Waals surface area contributed by atoms with Gasteiger partial charge in [0.2, 0.25) is 0 Å². The van der Waals surface area contributed by atoms with Crippen molar-refractivity contribution in [2.75, 3.05) is 18.8 Å². The molecule has 134 valence electrons. The Bertz CT molecular complexity index is 762. The van der Waals surface area contributed by atoms with Gasteiger partial charge in [-0.05, 0) is 37.6 Å². The molecular weight excluding hydrogens is 336 g/mol. The largest absolute Gasteiger partial charge is 0.357 e. The van der Waals surface area contributed by atoms with Crippen LogP contribution >= 0.6 is 0 Å². The van der Waals surface area contributed by atoms with Crippen LogP contribution < -0.4 is 10.6 Å². The summed E-state index contributed by atoms with van der Waals surface area (Å²) >= 11 is 0. The summed E-state index contributed by atoms with van der Waals surface area (Å²) in [6.07, 6.45) is 2.24. The van der Waals surface area contributed by atoms with E-state index in [0.29, 0.717) is 30.4 Å². The minimum Gasteiger partial charge on any atom is -0.357 e. The van der Waals surface area contributed by atoms with E-state index in [1.54, 1.807) is 36.5 Å². The smallest absolute Gasteiger partial charge is 0.191 e. The zero-order valence-corrected chi connectivity index (χ0v) is 15.2. The van der Waals surface area contributed by atoms with E-state index in [9.17, 15) is 8.42 Å². The quantitative estimate of drug-likeness (QED) is 0.427. The number of pyridine rings is 1. The molecule has 0 aliphatic rings. The van der Waals surface area contributed by atoms with E-state index in [-0.39, 0.29) is 5.75 Å². The molecule has 25 heavy (non-hydrogen) atoms. The topological polar surface area (TPSA) is 83.4 Å². The number of hydrogen-bond acceptors (Lipinski definition) is 4. The van der Waals surface area contributed by atoms with Crippen molar-refractivity contribution in [3.63, 3.8) is 0 Å². The molecule has 6 nitrogen and oxygen atoms in total. The molecule has 0 spiro atoms. The Morgan fingerprint density at radius 3 is 2.52 bits per heavy atom. The summed E-state index contributed by atoms with van der Waals surface area (Å²) in [4.78, 5) is 9.06. The Kier molecular flexibility index (Phi) is 7.40. The van der Waals surface area contributed by atoms with Crippen LogP contribution in [0.3, 0.4) is 0 Å². The van der Waals surface area contributed by atoms with Crippen molar-refractivity contribution in [3.05, 3.63) is 60.4 Å². The third-order valence-electron chi connectivity index (χ3n) is 3.45. The predicted octanol–water partition coefficient (Wildman–Crippen LogP) is 2.00. The SMILES string of the molecule is CCNC(=NCc1ccccn1)NCCCS(=O)(=O)c1ccccc1. The van der Waals surface area contributed by atoms with Crippen molar-refractivity contribution in [2.45, 2.75) is 24.8 Å². The molecule has 1 aromatic carbocycles. The van der Waals surface area contributed by atoms with E-state index in [1.807, 2.05) is 25.1 Å². The summed E-state index contributed by atoms with van der Waals surface area (Å²) in [6, 6.07) is 14.2. The molecule has 0 aliphatic heterocycles. The van der Waals surface area contributed by atoms with E-state index in [4.69, 9.17) is 0 Å². The first-order valence-corrected chi connectivity index (χ1v) is 9.97. The summed E-state index contributed by atoms with van der Waals surface area (Å²) in [6.45, 7) is 3.72. The zero-order valence-electron chi connectivity index (χ0n) is 14.4. The number of nitrogens with zero attached hydrogens (tertiary/aromatic N) is 2. The number of aliphatic imine (C=N–C) groups is 1. The Morgan fingerprint density at radius 2 is 1.84 bits per heavy atom. The van der Waals surface area contributed by atoms with Gasteiger partial charge in [-0.3, -0.25) is 4.98 Å². The van der Waals surface area contributed by atoms with E-state index < -0.39 is 9.84 Å². The molecule has 0 amide bonds. The highest BCUT2D eigenvalue weighted by molar-refractivity contribution is 7.91. The third kappa shape index (κ3) is 6.54. The lowest BCUT2D eigenvalue weighted by Crippen LogP contribution is -2.38. The molecule has 1 heterocycles.